The van der Waals surface area contributed by atoms with Crippen LogP contribution in [0.25, 0.3) is 16.9 Å². The lowest BCUT2D eigenvalue weighted by Crippen LogP contribution is -2.03. The summed E-state index contributed by atoms with van der Waals surface area (Å²) in [4.78, 5) is 10.4. The molecule has 3 rings (SSSR count). The van der Waals surface area contributed by atoms with Crippen molar-refractivity contribution in [2.24, 2.45) is 5.73 Å². The molecule has 0 atom stereocenters. The summed E-state index contributed by atoms with van der Waals surface area (Å²) in [7, 11) is 0. The van der Waals surface area contributed by atoms with Gasteiger partial charge >= 0.3 is 0 Å². The fourth-order valence-corrected chi connectivity index (χ4v) is 2.29. The van der Waals surface area contributed by atoms with Gasteiger partial charge < -0.3 is 5.73 Å². The number of halogens is 1. The first-order valence-corrected chi connectivity index (χ1v) is 6.75. The number of nitrogens with two attached hydrogens (primary N) is 1. The Morgan fingerprint density at radius 3 is 2.70 bits per heavy atom. The minimum Gasteiger partial charge on any atom is -0.325 e. The first-order valence-electron chi connectivity index (χ1n) is 6.75. The summed E-state index contributed by atoms with van der Waals surface area (Å²) >= 11 is 0. The average Bonchev–Trinajstić information content (AvgIpc) is 2.99. The molecular weight excluding hydrogens is 301 g/mol. The van der Waals surface area contributed by atoms with E-state index in [2.05, 4.69) is 10.3 Å². The van der Waals surface area contributed by atoms with Crippen LogP contribution in [0.4, 0.5) is 10.1 Å². The molecule has 0 amide bonds. The highest BCUT2D eigenvalue weighted by molar-refractivity contribution is 5.64. The normalized spacial score (nSPS) is 10.7. The molecule has 3 aromatic rings. The minimum absolute atomic E-state index is 0.0718. The first-order chi connectivity index (χ1) is 11.1. The van der Waals surface area contributed by atoms with Gasteiger partial charge in [0.1, 0.15) is 11.5 Å². The maximum Gasteiger partial charge on any atom is 0.271 e. The first kappa shape index (κ1) is 14.8. The molecule has 0 aliphatic carbocycles. The van der Waals surface area contributed by atoms with Crippen LogP contribution in [-0.4, -0.2) is 19.9 Å². The Bertz CT molecular complexity index is 878. The van der Waals surface area contributed by atoms with Crippen molar-refractivity contribution in [3.05, 3.63) is 70.2 Å². The third-order valence-corrected chi connectivity index (χ3v) is 3.32. The van der Waals surface area contributed by atoms with Gasteiger partial charge in [0.25, 0.3) is 5.69 Å². The minimum atomic E-state index is -0.494. The Kier molecular flexibility index (Phi) is 3.82. The smallest absolute Gasteiger partial charge is 0.271 e. The second-order valence-electron chi connectivity index (χ2n) is 4.79. The number of non-ortho nitro benzene ring substituents is 1. The van der Waals surface area contributed by atoms with Gasteiger partial charge in [0.05, 0.1) is 16.3 Å². The van der Waals surface area contributed by atoms with Crippen molar-refractivity contribution in [2.45, 2.75) is 6.54 Å². The van der Waals surface area contributed by atoms with Crippen molar-refractivity contribution < 1.29 is 9.31 Å². The number of hydrogen-bond donors (Lipinski definition) is 1. The third-order valence-electron chi connectivity index (χ3n) is 3.32. The van der Waals surface area contributed by atoms with Crippen LogP contribution in [0, 0.1) is 15.9 Å². The van der Waals surface area contributed by atoms with Gasteiger partial charge in [0.2, 0.25) is 0 Å². The third kappa shape index (κ3) is 2.79. The van der Waals surface area contributed by atoms with Gasteiger partial charge in [-0.15, -0.1) is 5.10 Å². The Labute approximate surface area is 130 Å². The Morgan fingerprint density at radius 2 is 2.00 bits per heavy atom. The molecule has 2 N–H and O–H groups in total. The molecule has 1 aromatic heterocycles. The summed E-state index contributed by atoms with van der Waals surface area (Å²) in [5.41, 5.74) is 7.58. The molecular formula is C15H12FN5O2. The molecule has 116 valence electrons. The molecule has 8 heteroatoms. The van der Waals surface area contributed by atoms with Crippen LogP contribution in [0.2, 0.25) is 0 Å². The van der Waals surface area contributed by atoms with Gasteiger partial charge in [-0.05, 0) is 18.2 Å². The lowest BCUT2D eigenvalue weighted by Gasteiger charge is -2.08. The van der Waals surface area contributed by atoms with Crippen molar-refractivity contribution in [2.75, 3.05) is 0 Å². The lowest BCUT2D eigenvalue weighted by molar-refractivity contribution is -0.384. The molecule has 0 unspecified atom stereocenters. The van der Waals surface area contributed by atoms with Crippen molar-refractivity contribution in [3.63, 3.8) is 0 Å². The molecule has 0 bridgehead atoms. The standard InChI is InChI=1S/C15H12FN5O2/c16-11-4-1-3-10(7-11)15-14(9-17)18-19-20(15)12-5-2-6-13(8-12)21(22)23/h1-8H,9,17H2. The van der Waals surface area contributed by atoms with Gasteiger partial charge in [0.15, 0.2) is 0 Å². The van der Waals surface area contributed by atoms with E-state index in [9.17, 15) is 14.5 Å². The van der Waals surface area contributed by atoms with Crippen molar-refractivity contribution >= 4 is 5.69 Å². The zero-order chi connectivity index (χ0) is 16.4. The topological polar surface area (TPSA) is 99.9 Å². The number of aromatic nitrogens is 3. The predicted molar refractivity (Wildman–Crippen MR) is 81.3 cm³/mol. The summed E-state index contributed by atoms with van der Waals surface area (Å²) in [5.74, 6) is -0.405. The lowest BCUT2D eigenvalue weighted by atomic mass is 10.1. The highest BCUT2D eigenvalue weighted by Gasteiger charge is 2.17. The van der Waals surface area contributed by atoms with Crippen LogP contribution in [0.5, 0.6) is 0 Å². The van der Waals surface area contributed by atoms with E-state index in [1.54, 1.807) is 24.3 Å². The average molecular weight is 313 g/mol. The fourth-order valence-electron chi connectivity index (χ4n) is 2.29. The maximum atomic E-state index is 13.5. The Hall–Kier alpha value is -3.13. The van der Waals surface area contributed by atoms with Gasteiger partial charge in [-0.25, -0.2) is 9.07 Å². The highest BCUT2D eigenvalue weighted by atomic mass is 19.1. The molecule has 0 saturated heterocycles. The number of nitro benzene ring substituents is 1. The van der Waals surface area contributed by atoms with E-state index in [0.29, 0.717) is 22.6 Å². The van der Waals surface area contributed by atoms with Crippen LogP contribution in [0.3, 0.4) is 0 Å². The molecule has 0 aliphatic heterocycles. The van der Waals surface area contributed by atoms with Crippen molar-refractivity contribution in [1.82, 2.24) is 15.0 Å². The van der Waals surface area contributed by atoms with E-state index in [0.717, 1.165) is 0 Å². The van der Waals surface area contributed by atoms with E-state index < -0.39 is 10.7 Å². The molecule has 1 heterocycles. The van der Waals surface area contributed by atoms with Gasteiger partial charge in [0, 0.05) is 24.2 Å². The molecule has 0 spiro atoms. The SMILES string of the molecule is NCc1nnn(-c2cccc([N+](=O)[O-])c2)c1-c1cccc(F)c1. The zero-order valence-corrected chi connectivity index (χ0v) is 11.9. The second-order valence-corrected chi connectivity index (χ2v) is 4.79. The number of nitrogens with zero attached hydrogens (tertiary/aromatic N) is 4. The Morgan fingerprint density at radius 1 is 1.22 bits per heavy atom. The number of hydrogen-bond acceptors (Lipinski definition) is 5. The van der Waals surface area contributed by atoms with Gasteiger partial charge in [-0.2, -0.15) is 0 Å². The van der Waals surface area contributed by atoms with Crippen LogP contribution in [-0.2, 0) is 6.54 Å². The van der Waals surface area contributed by atoms with Crippen LogP contribution < -0.4 is 5.73 Å². The molecule has 2 aromatic carbocycles. The molecule has 23 heavy (non-hydrogen) atoms. The summed E-state index contributed by atoms with van der Waals surface area (Å²) in [6.45, 7) is 0.112. The van der Waals surface area contributed by atoms with Crippen LogP contribution in [0.1, 0.15) is 5.69 Å². The van der Waals surface area contributed by atoms with E-state index in [-0.39, 0.29) is 12.2 Å². The zero-order valence-electron chi connectivity index (χ0n) is 11.9. The maximum absolute atomic E-state index is 13.5. The predicted octanol–water partition coefficient (Wildman–Crippen LogP) is 2.44. The summed E-state index contributed by atoms with van der Waals surface area (Å²) in [6.07, 6.45) is 0. The Balaban J connectivity index is 2.20. The fraction of sp³-hybridized carbons (Fsp3) is 0.0667. The van der Waals surface area contributed by atoms with E-state index in [4.69, 9.17) is 5.73 Å². The number of rotatable bonds is 4. The molecule has 7 nitrogen and oxygen atoms in total. The highest BCUT2D eigenvalue weighted by Crippen LogP contribution is 2.27. The van der Waals surface area contributed by atoms with Crippen LogP contribution in [0.15, 0.2) is 48.5 Å². The molecule has 0 aliphatic rings. The van der Waals surface area contributed by atoms with Crippen LogP contribution >= 0.6 is 0 Å². The van der Waals surface area contributed by atoms with E-state index in [1.165, 1.54) is 28.9 Å². The summed E-state index contributed by atoms with van der Waals surface area (Å²) < 4.78 is 14.9. The molecule has 0 radical (unpaired) electrons. The largest absolute Gasteiger partial charge is 0.325 e. The van der Waals surface area contributed by atoms with Gasteiger partial charge in [-0.1, -0.05) is 23.4 Å². The molecule has 0 fully saturated rings. The van der Waals surface area contributed by atoms with Gasteiger partial charge in [-0.3, -0.25) is 10.1 Å². The number of benzene rings is 2. The summed E-state index contributed by atoms with van der Waals surface area (Å²) in [6, 6.07) is 11.9. The summed E-state index contributed by atoms with van der Waals surface area (Å²) in [5, 5.41) is 18.9. The number of nitro groups is 1. The van der Waals surface area contributed by atoms with E-state index in [1.807, 2.05) is 0 Å². The van der Waals surface area contributed by atoms with Crippen molar-refractivity contribution in [1.29, 1.82) is 0 Å². The monoisotopic (exact) mass is 313 g/mol. The second kappa shape index (κ2) is 5.93. The quantitative estimate of drug-likeness (QED) is 0.589. The van der Waals surface area contributed by atoms with Crippen molar-refractivity contribution in [3.8, 4) is 16.9 Å². The van der Waals surface area contributed by atoms with E-state index >= 15 is 0 Å². The molecule has 0 saturated carbocycles.